The Hall–Kier alpha value is -11.5. The minimum absolute atomic E-state index is 0. The van der Waals surface area contributed by atoms with Crippen molar-refractivity contribution in [2.45, 2.75) is 26.2 Å². The van der Waals surface area contributed by atoms with Gasteiger partial charge in [0.1, 0.15) is 17.3 Å². The maximum Gasteiger partial charge on any atom is 0.143 e. The van der Waals surface area contributed by atoms with E-state index in [2.05, 4.69) is 47.0 Å². The van der Waals surface area contributed by atoms with Crippen molar-refractivity contribution in [2.24, 2.45) is 0 Å². The van der Waals surface area contributed by atoms with Crippen molar-refractivity contribution in [3.05, 3.63) is 339 Å². The zero-order valence-electron chi connectivity index (χ0n) is 71.4. The molecule has 0 radical (unpaired) electrons. The van der Waals surface area contributed by atoms with E-state index >= 15 is 0 Å². The second kappa shape index (κ2) is 24.8. The second-order valence-corrected chi connectivity index (χ2v) is 23.7. The molecule has 0 bridgehead atoms. The van der Waals surface area contributed by atoms with E-state index in [1.165, 1.54) is 0 Å². The van der Waals surface area contributed by atoms with Crippen LogP contribution in [0.2, 0.25) is 0 Å². The van der Waals surface area contributed by atoms with Gasteiger partial charge < -0.3 is 28.4 Å². The molecule has 96 heavy (non-hydrogen) atoms. The number of hydrogen-bond donors (Lipinski definition) is 0. The van der Waals surface area contributed by atoms with Crippen LogP contribution in [0.25, 0.3) is 111 Å². The topological polar surface area (TPSA) is 47.7 Å². The number of para-hydroxylation sites is 6. The van der Waals surface area contributed by atoms with Crippen LogP contribution in [-0.4, -0.2) is 14.1 Å². The fourth-order valence-corrected chi connectivity index (χ4v) is 12.7. The first-order valence-corrected chi connectivity index (χ1v) is 30.6. The van der Waals surface area contributed by atoms with Gasteiger partial charge in [0.05, 0.1) is 38.4 Å². The number of pyridine rings is 1. The summed E-state index contributed by atoms with van der Waals surface area (Å²) in [5.74, 6) is 1.01. The maximum atomic E-state index is 9.33. The first-order valence-electron chi connectivity index (χ1n) is 40.6. The van der Waals surface area contributed by atoms with E-state index in [1.807, 2.05) is 86.0 Å². The monoisotopic (exact) mass is 1440 g/mol. The summed E-state index contributed by atoms with van der Waals surface area (Å²) in [4.78, 5) is 8.51. The summed E-state index contributed by atoms with van der Waals surface area (Å²) >= 11 is 0. The Morgan fingerprint density at radius 3 is 1.60 bits per heavy atom. The van der Waals surface area contributed by atoms with Crippen LogP contribution in [-0.2, 0) is 26.5 Å². The van der Waals surface area contributed by atoms with Crippen molar-refractivity contribution < 1.29 is 58.0 Å². The molecule has 16 aromatic rings. The summed E-state index contributed by atoms with van der Waals surface area (Å²) in [5.41, 5.74) is 6.62. The molecular weight excluding hydrogens is 1350 g/mol. The van der Waals surface area contributed by atoms with Crippen LogP contribution < -0.4 is 19.3 Å². The number of hydrogen-bond acceptors (Lipinski definition) is 5. The molecule has 0 saturated carbocycles. The quantitative estimate of drug-likeness (QED) is 0.108. The minimum Gasteiger partial charge on any atom is -0.509 e. The van der Waals surface area contributed by atoms with Gasteiger partial charge >= 0.3 is 0 Å². The zero-order chi connectivity index (χ0) is 81.0. The van der Waals surface area contributed by atoms with Gasteiger partial charge in [-0.25, -0.2) is 4.98 Å². The Balaban J connectivity index is 0.0000101. The summed E-state index contributed by atoms with van der Waals surface area (Å²) in [7, 11) is 0. The molecule has 0 unspecified atom stereocenters. The number of benzene rings is 13. The van der Waals surface area contributed by atoms with Crippen LogP contribution in [0.4, 0.5) is 22.7 Å². The van der Waals surface area contributed by atoms with Crippen molar-refractivity contribution in [1.82, 2.24) is 14.1 Å². The number of nitrogens with zero attached hydrogens (tertiary/aromatic N) is 5. The molecule has 1 aliphatic heterocycles. The van der Waals surface area contributed by atoms with E-state index < -0.39 is 126 Å². The van der Waals surface area contributed by atoms with Gasteiger partial charge in [0.2, 0.25) is 0 Å². The summed E-state index contributed by atoms with van der Waals surface area (Å²) in [6.07, 6.45) is 1.55. The molecule has 464 valence electrons. The average molecular weight is 1440 g/mol. The number of fused-ring (bicyclic) bond motifs is 7. The molecule has 0 amide bonds. The smallest absolute Gasteiger partial charge is 0.143 e. The van der Waals surface area contributed by atoms with Crippen molar-refractivity contribution in [3.63, 3.8) is 0 Å². The van der Waals surface area contributed by atoms with Crippen molar-refractivity contribution in [3.8, 4) is 90.1 Å². The van der Waals surface area contributed by atoms with Crippen LogP contribution in [0.1, 0.15) is 53.7 Å². The van der Waals surface area contributed by atoms with Crippen molar-refractivity contribution >= 4 is 66.4 Å². The van der Waals surface area contributed by atoms with Crippen LogP contribution >= 0.6 is 0 Å². The van der Waals surface area contributed by atoms with Gasteiger partial charge in [-0.15, -0.1) is 48.1 Å². The first kappa shape index (κ1) is 41.3. The predicted octanol–water partition coefficient (Wildman–Crippen LogP) is 23.5. The first-order chi connectivity index (χ1) is 55.0. The summed E-state index contributed by atoms with van der Waals surface area (Å²) < 4.78 is 196. The molecule has 4 heterocycles. The molecule has 7 nitrogen and oxygen atoms in total. The van der Waals surface area contributed by atoms with Crippen molar-refractivity contribution in [1.29, 1.82) is 0 Å². The summed E-state index contributed by atoms with van der Waals surface area (Å²) in [6, 6.07) is 53.2. The molecule has 8 heteroatoms. The standard InChI is InChI=1S/C88H62N5O2.Pt/c1-88(2,3)65-52-63(59-25-8-4-9-26-59)51-64(53-65)74-40-24-39-73(62-31-14-7-15-32-62)87(74)95-70-49-50-89-85(57-70)93-81-48-45-67(92-79-41-18-16-35-75(79)76-36-17-19-42-80(76)92)55-78(81)77-47-46-69(56-84(77)93)94-68-34-22-33-66(54-68)90-58-91(83-44-21-20-43-82(83)90)86-71(60-27-10-5-11-28-60)37-23-38-72(86)61-29-12-6-13-30-61;/h4-53,55,57-58H,1-3H3;/q-3;/i4D,5D,6D,7D,8D,9D,10D,11D,12D,13D,14D,15D,25D,26D,27D,28D,29D,30D,31D,32D;. The number of aromatic nitrogens is 3. The van der Waals surface area contributed by atoms with Gasteiger partial charge in [0.15, 0.2) is 0 Å². The molecule has 0 fully saturated rings. The van der Waals surface area contributed by atoms with Gasteiger partial charge in [0.25, 0.3) is 0 Å². The van der Waals surface area contributed by atoms with Gasteiger partial charge in [-0.2, -0.15) is 12.1 Å². The molecule has 17 rings (SSSR count). The predicted molar refractivity (Wildman–Crippen MR) is 391 cm³/mol. The van der Waals surface area contributed by atoms with E-state index in [-0.39, 0.29) is 88.7 Å². The average Bonchev–Trinajstić information content (AvgIpc) is 1.49. The largest absolute Gasteiger partial charge is 0.509 e. The van der Waals surface area contributed by atoms with Crippen LogP contribution in [0.3, 0.4) is 0 Å². The van der Waals surface area contributed by atoms with Gasteiger partial charge in [-0.05, 0) is 104 Å². The third-order valence-electron chi connectivity index (χ3n) is 17.0. The number of rotatable bonds is 13. The molecule has 13 aromatic carbocycles. The molecule has 0 spiro atoms. The Morgan fingerprint density at radius 1 is 0.417 bits per heavy atom. The third-order valence-corrected chi connectivity index (χ3v) is 17.0. The Kier molecular flexibility index (Phi) is 10.6. The van der Waals surface area contributed by atoms with Crippen LogP contribution in [0, 0.1) is 18.8 Å². The zero-order valence-corrected chi connectivity index (χ0v) is 53.7. The fourth-order valence-electron chi connectivity index (χ4n) is 12.7. The molecule has 0 aliphatic carbocycles. The normalized spacial score (nSPS) is 15.1. The van der Waals surface area contributed by atoms with Crippen molar-refractivity contribution in [2.75, 3.05) is 9.80 Å². The summed E-state index contributed by atoms with van der Waals surface area (Å²) in [5, 5.41) is 3.65. The van der Waals surface area contributed by atoms with E-state index in [9.17, 15) is 8.22 Å². The molecule has 0 atom stereocenters. The van der Waals surface area contributed by atoms with E-state index in [0.29, 0.717) is 56.2 Å². The van der Waals surface area contributed by atoms with Crippen LogP contribution in [0.5, 0.6) is 23.0 Å². The Labute approximate surface area is 601 Å². The van der Waals surface area contributed by atoms with Gasteiger partial charge in [-0.3, -0.25) is 0 Å². The second-order valence-electron chi connectivity index (χ2n) is 23.7. The molecule has 0 N–H and O–H groups in total. The molecule has 0 saturated heterocycles. The summed E-state index contributed by atoms with van der Waals surface area (Å²) in [6.45, 7) is 7.61. The van der Waals surface area contributed by atoms with E-state index in [4.69, 9.17) is 33.6 Å². The fraction of sp³-hybridized carbons (Fsp3) is 0.0455. The van der Waals surface area contributed by atoms with E-state index in [1.54, 1.807) is 120 Å². The maximum absolute atomic E-state index is 9.33. The minimum atomic E-state index is -0.617. The number of anilines is 4. The van der Waals surface area contributed by atoms with Crippen LogP contribution in [0.15, 0.2) is 315 Å². The van der Waals surface area contributed by atoms with E-state index in [0.717, 1.165) is 38.3 Å². The molecular formula is C88H62N5O2Pt-3. The van der Waals surface area contributed by atoms with Gasteiger partial charge in [0, 0.05) is 106 Å². The Morgan fingerprint density at radius 2 is 0.958 bits per heavy atom. The van der Waals surface area contributed by atoms with Gasteiger partial charge in [-0.1, -0.05) is 244 Å². The third kappa shape index (κ3) is 10.8. The molecule has 1 aliphatic rings. The number of ether oxygens (including phenoxy) is 2. The molecule has 3 aromatic heterocycles. The SMILES string of the molecule is [2H]c1c([2H])c([2H])c(-c2cc(-c3cccc(-c4c([2H])c([2H])c([2H])c([2H])c4[2H])c3Oc3ccnc(-n4c5[c-]c(Oc6[c-]c(N7[CH-]N(c8c(-c9c([2H])c([2H])c([2H])c([2H])c9[2H])cccc8-c8c([2H])c([2H])c([2H])c([2H])c8[2H])c8ccccc87)ccc6)ccc5c5cc(-n6c7ccccc7c7ccccc76)ccc54)c3)cc(C(C)(C)C)c2)c([2H])c1[2H].[Pt]. The Bertz CT molecular complexity index is 6620.